The minimum atomic E-state index is -0.940. The SMILES string of the molecule is CCCC(=O)c1ccccc1.O.O=C(O)CCC(=O)c1ccccc1. The summed E-state index contributed by atoms with van der Waals surface area (Å²) in [5.41, 5.74) is 1.40. The normalized spacial score (nSPS) is 9.16. The fraction of sp³-hybridized carbons (Fsp3) is 0.250. The summed E-state index contributed by atoms with van der Waals surface area (Å²) in [6, 6.07) is 18.1. The molecular weight excluding hydrogens is 320 g/mol. The van der Waals surface area contributed by atoms with E-state index in [1.165, 1.54) is 0 Å². The van der Waals surface area contributed by atoms with Gasteiger partial charge in [0.25, 0.3) is 0 Å². The fourth-order valence-electron chi connectivity index (χ4n) is 1.98. The van der Waals surface area contributed by atoms with Gasteiger partial charge in [0.05, 0.1) is 6.42 Å². The first-order valence-corrected chi connectivity index (χ1v) is 7.93. The van der Waals surface area contributed by atoms with Crippen LogP contribution in [-0.2, 0) is 4.79 Å². The average molecular weight is 344 g/mol. The molecule has 2 rings (SSSR count). The van der Waals surface area contributed by atoms with Crippen molar-refractivity contribution in [3.8, 4) is 0 Å². The molecule has 0 saturated carbocycles. The predicted octanol–water partition coefficient (Wildman–Crippen LogP) is 3.58. The van der Waals surface area contributed by atoms with Gasteiger partial charge in [-0.25, -0.2) is 0 Å². The highest BCUT2D eigenvalue weighted by molar-refractivity contribution is 5.97. The molecule has 0 bridgehead atoms. The Bertz CT molecular complexity index is 650. The Kier molecular flexibility index (Phi) is 11.2. The molecule has 5 nitrogen and oxygen atoms in total. The van der Waals surface area contributed by atoms with Crippen LogP contribution >= 0.6 is 0 Å². The molecule has 0 aliphatic carbocycles. The van der Waals surface area contributed by atoms with Crippen LogP contribution in [-0.4, -0.2) is 28.1 Å². The molecule has 0 saturated heterocycles. The highest BCUT2D eigenvalue weighted by atomic mass is 16.4. The number of hydrogen-bond acceptors (Lipinski definition) is 3. The van der Waals surface area contributed by atoms with Crippen LogP contribution in [0.1, 0.15) is 53.3 Å². The Hall–Kier alpha value is -2.79. The molecule has 5 heteroatoms. The fourth-order valence-corrected chi connectivity index (χ4v) is 1.98. The average Bonchev–Trinajstić information content (AvgIpc) is 2.62. The van der Waals surface area contributed by atoms with Crippen molar-refractivity contribution in [2.24, 2.45) is 0 Å². The van der Waals surface area contributed by atoms with Crippen LogP contribution in [0.25, 0.3) is 0 Å². The van der Waals surface area contributed by atoms with Gasteiger partial charge in [0.2, 0.25) is 0 Å². The summed E-state index contributed by atoms with van der Waals surface area (Å²) in [6.45, 7) is 2.01. The molecule has 2 aromatic rings. The van der Waals surface area contributed by atoms with E-state index in [9.17, 15) is 14.4 Å². The summed E-state index contributed by atoms with van der Waals surface area (Å²) in [5, 5.41) is 8.36. The van der Waals surface area contributed by atoms with Crippen LogP contribution in [0.4, 0.5) is 0 Å². The topological polar surface area (TPSA) is 103 Å². The number of aliphatic carboxylic acids is 1. The number of carbonyl (C=O) groups excluding carboxylic acids is 2. The third-order valence-electron chi connectivity index (χ3n) is 3.23. The molecule has 0 amide bonds. The molecule has 0 heterocycles. The van der Waals surface area contributed by atoms with Gasteiger partial charge in [0.1, 0.15) is 0 Å². The van der Waals surface area contributed by atoms with Crippen molar-refractivity contribution in [2.45, 2.75) is 32.6 Å². The molecule has 0 spiro atoms. The maximum absolute atomic E-state index is 11.3. The van der Waals surface area contributed by atoms with Gasteiger partial charge in [0, 0.05) is 24.0 Å². The largest absolute Gasteiger partial charge is 0.481 e. The van der Waals surface area contributed by atoms with Crippen molar-refractivity contribution in [3.63, 3.8) is 0 Å². The summed E-state index contributed by atoms with van der Waals surface area (Å²) < 4.78 is 0. The number of benzene rings is 2. The van der Waals surface area contributed by atoms with Gasteiger partial charge in [0.15, 0.2) is 11.6 Å². The van der Waals surface area contributed by atoms with E-state index in [-0.39, 0.29) is 29.9 Å². The molecule has 0 aliphatic rings. The number of ketones is 2. The van der Waals surface area contributed by atoms with Crippen molar-refractivity contribution >= 4 is 17.5 Å². The van der Waals surface area contributed by atoms with Crippen LogP contribution in [0, 0.1) is 0 Å². The lowest BCUT2D eigenvalue weighted by Crippen LogP contribution is -2.03. The highest BCUT2D eigenvalue weighted by Crippen LogP contribution is 2.05. The second-order valence-corrected chi connectivity index (χ2v) is 5.22. The maximum Gasteiger partial charge on any atom is 0.303 e. The number of carboxylic acids is 1. The Balaban J connectivity index is 0.000000449. The van der Waals surface area contributed by atoms with Gasteiger partial charge < -0.3 is 10.6 Å². The smallest absolute Gasteiger partial charge is 0.303 e. The van der Waals surface area contributed by atoms with E-state index in [4.69, 9.17) is 5.11 Å². The minimum Gasteiger partial charge on any atom is -0.481 e. The molecular formula is C20H24O5. The van der Waals surface area contributed by atoms with Crippen molar-refractivity contribution in [1.82, 2.24) is 0 Å². The van der Waals surface area contributed by atoms with E-state index in [0.717, 1.165) is 12.0 Å². The van der Waals surface area contributed by atoms with E-state index in [2.05, 4.69) is 0 Å². The Morgan fingerprint density at radius 3 is 1.48 bits per heavy atom. The second kappa shape index (κ2) is 12.6. The Morgan fingerprint density at radius 1 is 0.720 bits per heavy atom. The zero-order valence-corrected chi connectivity index (χ0v) is 14.3. The van der Waals surface area contributed by atoms with Crippen LogP contribution in [0.3, 0.4) is 0 Å². The molecule has 134 valence electrons. The van der Waals surface area contributed by atoms with Crippen LogP contribution in [0.2, 0.25) is 0 Å². The summed E-state index contributed by atoms with van der Waals surface area (Å²) in [4.78, 5) is 32.7. The van der Waals surface area contributed by atoms with Gasteiger partial charge in [-0.1, -0.05) is 67.6 Å². The molecule has 25 heavy (non-hydrogen) atoms. The van der Waals surface area contributed by atoms with Crippen molar-refractivity contribution in [3.05, 3.63) is 71.8 Å². The number of rotatable bonds is 7. The Morgan fingerprint density at radius 2 is 1.12 bits per heavy atom. The predicted molar refractivity (Wildman–Crippen MR) is 96.9 cm³/mol. The number of hydrogen-bond donors (Lipinski definition) is 1. The van der Waals surface area contributed by atoms with Crippen LogP contribution in [0.15, 0.2) is 60.7 Å². The number of carboxylic acid groups (broad SMARTS) is 1. The minimum absolute atomic E-state index is 0. The van der Waals surface area contributed by atoms with Crippen molar-refractivity contribution < 1.29 is 25.0 Å². The number of carbonyl (C=O) groups is 3. The molecule has 0 atom stereocenters. The van der Waals surface area contributed by atoms with Gasteiger partial charge >= 0.3 is 5.97 Å². The van der Waals surface area contributed by atoms with Gasteiger partial charge in [-0.15, -0.1) is 0 Å². The molecule has 0 unspecified atom stereocenters. The van der Waals surface area contributed by atoms with Crippen LogP contribution < -0.4 is 0 Å². The molecule has 0 aliphatic heterocycles. The lowest BCUT2D eigenvalue weighted by Gasteiger charge is -1.97. The Labute approximate surface area is 147 Å². The third kappa shape index (κ3) is 9.17. The quantitative estimate of drug-likeness (QED) is 0.775. The highest BCUT2D eigenvalue weighted by Gasteiger charge is 2.06. The molecule has 0 radical (unpaired) electrons. The zero-order valence-electron chi connectivity index (χ0n) is 14.3. The third-order valence-corrected chi connectivity index (χ3v) is 3.23. The van der Waals surface area contributed by atoms with Gasteiger partial charge in [-0.3, -0.25) is 14.4 Å². The summed E-state index contributed by atoms with van der Waals surface area (Å²) in [5.74, 6) is -0.819. The molecule has 3 N–H and O–H groups in total. The van der Waals surface area contributed by atoms with Crippen LogP contribution in [0.5, 0.6) is 0 Å². The molecule has 2 aromatic carbocycles. The first kappa shape index (κ1) is 22.2. The maximum atomic E-state index is 11.3. The molecule has 0 fully saturated rings. The van der Waals surface area contributed by atoms with Gasteiger partial charge in [-0.2, -0.15) is 0 Å². The summed E-state index contributed by atoms with van der Waals surface area (Å²) >= 11 is 0. The van der Waals surface area contributed by atoms with E-state index in [1.807, 2.05) is 43.3 Å². The molecule has 0 aromatic heterocycles. The summed E-state index contributed by atoms with van der Waals surface area (Å²) in [7, 11) is 0. The second-order valence-electron chi connectivity index (χ2n) is 5.22. The lowest BCUT2D eigenvalue weighted by molar-refractivity contribution is -0.136. The summed E-state index contributed by atoms with van der Waals surface area (Å²) in [6.07, 6.45) is 1.55. The monoisotopic (exact) mass is 344 g/mol. The lowest BCUT2D eigenvalue weighted by atomic mass is 10.1. The van der Waals surface area contributed by atoms with E-state index in [0.29, 0.717) is 12.0 Å². The van der Waals surface area contributed by atoms with E-state index in [1.54, 1.807) is 24.3 Å². The van der Waals surface area contributed by atoms with Crippen molar-refractivity contribution in [2.75, 3.05) is 0 Å². The van der Waals surface area contributed by atoms with Gasteiger partial charge in [-0.05, 0) is 6.42 Å². The standard InChI is InChI=1S/C10H10O3.C10H12O.H2O/c11-9(6-7-10(12)13)8-4-2-1-3-5-8;1-2-6-10(11)9-7-4-3-5-8-9;/h1-5H,6-7H2,(H,12,13);3-5,7-8H,2,6H2,1H3;1H2. The number of Topliss-reactive ketones (excluding diaryl/α,β-unsaturated/α-hetero) is 2. The van der Waals surface area contributed by atoms with Crippen molar-refractivity contribution in [1.29, 1.82) is 0 Å². The zero-order chi connectivity index (χ0) is 17.8. The van der Waals surface area contributed by atoms with E-state index < -0.39 is 5.97 Å². The first-order valence-electron chi connectivity index (χ1n) is 7.93. The van der Waals surface area contributed by atoms with E-state index >= 15 is 0 Å². The first-order chi connectivity index (χ1) is 11.5.